The summed E-state index contributed by atoms with van der Waals surface area (Å²) in [6.45, 7) is 2.41. The van der Waals surface area contributed by atoms with Crippen molar-refractivity contribution < 1.29 is 19.4 Å². The van der Waals surface area contributed by atoms with Gasteiger partial charge < -0.3 is 19.9 Å². The van der Waals surface area contributed by atoms with E-state index in [-0.39, 0.29) is 31.8 Å². The Morgan fingerprint density at radius 2 is 1.66 bits per heavy atom. The lowest BCUT2D eigenvalue weighted by molar-refractivity contribution is 0.0277. The summed E-state index contributed by atoms with van der Waals surface area (Å²) in [4.78, 5) is 12.8. The molecule has 0 spiro atoms. The molecule has 0 saturated heterocycles. The molecular formula is C24H25NO4. The van der Waals surface area contributed by atoms with Gasteiger partial charge in [0.15, 0.2) is 0 Å². The Morgan fingerprint density at radius 3 is 2.38 bits per heavy atom. The van der Waals surface area contributed by atoms with Crippen molar-refractivity contribution in [1.29, 1.82) is 0 Å². The molecular weight excluding hydrogens is 366 g/mol. The van der Waals surface area contributed by atoms with E-state index in [0.29, 0.717) is 17.1 Å². The molecule has 0 saturated carbocycles. The minimum absolute atomic E-state index is 0.0793. The lowest BCUT2D eigenvalue weighted by Gasteiger charge is -2.19. The van der Waals surface area contributed by atoms with Crippen LogP contribution in [0.4, 0.5) is 0 Å². The van der Waals surface area contributed by atoms with Crippen molar-refractivity contribution in [2.75, 3.05) is 19.8 Å². The number of aliphatic hydroxyl groups is 1. The summed E-state index contributed by atoms with van der Waals surface area (Å²) in [5.74, 6) is 0.900. The van der Waals surface area contributed by atoms with E-state index in [1.54, 1.807) is 18.2 Å². The number of hydrogen-bond donors (Lipinski definition) is 2. The van der Waals surface area contributed by atoms with Gasteiger partial charge >= 0.3 is 0 Å². The van der Waals surface area contributed by atoms with Crippen molar-refractivity contribution in [3.63, 3.8) is 0 Å². The summed E-state index contributed by atoms with van der Waals surface area (Å²) in [6.07, 6.45) is -0.353. The van der Waals surface area contributed by atoms with Crippen molar-refractivity contribution in [3.8, 4) is 11.5 Å². The first-order valence-corrected chi connectivity index (χ1v) is 9.56. The Bertz CT molecular complexity index is 910. The number of rotatable bonds is 9. The van der Waals surface area contributed by atoms with Crippen LogP contribution in [0.1, 0.15) is 27.6 Å². The van der Waals surface area contributed by atoms with Crippen molar-refractivity contribution >= 4 is 5.91 Å². The molecule has 1 amide bonds. The molecule has 0 aliphatic carbocycles. The van der Waals surface area contributed by atoms with Crippen LogP contribution in [-0.2, 0) is 4.74 Å². The molecule has 150 valence electrons. The minimum Gasteiger partial charge on any atom is -0.457 e. The molecule has 29 heavy (non-hydrogen) atoms. The van der Waals surface area contributed by atoms with E-state index in [1.807, 2.05) is 67.6 Å². The number of amides is 1. The Hall–Kier alpha value is -3.15. The third-order valence-corrected chi connectivity index (χ3v) is 4.41. The highest BCUT2D eigenvalue weighted by Gasteiger charge is 2.17. The second-order valence-electron chi connectivity index (χ2n) is 6.62. The maximum atomic E-state index is 12.8. The first-order chi connectivity index (χ1) is 14.2. The SMILES string of the molecule is Cc1ccc(C(CNC(=O)c2ccccc2Oc2ccccc2)OCCO)cc1. The average Bonchev–Trinajstić information content (AvgIpc) is 2.75. The number of para-hydroxylation sites is 2. The van der Waals surface area contributed by atoms with E-state index in [1.165, 1.54) is 0 Å². The summed E-state index contributed by atoms with van der Waals surface area (Å²) in [6, 6.07) is 24.4. The van der Waals surface area contributed by atoms with Gasteiger partial charge in [-0.3, -0.25) is 4.79 Å². The van der Waals surface area contributed by atoms with Gasteiger partial charge in [-0.25, -0.2) is 0 Å². The highest BCUT2D eigenvalue weighted by molar-refractivity contribution is 5.97. The average molecular weight is 391 g/mol. The molecule has 0 bridgehead atoms. The van der Waals surface area contributed by atoms with E-state index < -0.39 is 0 Å². The van der Waals surface area contributed by atoms with Gasteiger partial charge in [0.1, 0.15) is 11.5 Å². The molecule has 0 aromatic heterocycles. The molecule has 0 radical (unpaired) electrons. The third kappa shape index (κ3) is 5.91. The number of aliphatic hydroxyl groups excluding tert-OH is 1. The van der Waals surface area contributed by atoms with Crippen LogP contribution in [0.25, 0.3) is 0 Å². The van der Waals surface area contributed by atoms with Gasteiger partial charge in [0.05, 0.1) is 24.9 Å². The molecule has 0 aliphatic rings. The van der Waals surface area contributed by atoms with Crippen molar-refractivity contribution in [2.24, 2.45) is 0 Å². The van der Waals surface area contributed by atoms with Crippen LogP contribution in [-0.4, -0.2) is 30.8 Å². The number of ether oxygens (including phenoxy) is 2. The summed E-state index contributed by atoms with van der Waals surface area (Å²) in [5, 5.41) is 12.0. The molecule has 3 aromatic carbocycles. The number of carbonyl (C=O) groups excluding carboxylic acids is 1. The largest absolute Gasteiger partial charge is 0.457 e. The fraction of sp³-hybridized carbons (Fsp3) is 0.208. The maximum absolute atomic E-state index is 12.8. The molecule has 1 atom stereocenters. The van der Waals surface area contributed by atoms with E-state index in [2.05, 4.69) is 5.32 Å². The second-order valence-corrected chi connectivity index (χ2v) is 6.62. The molecule has 0 fully saturated rings. The number of hydrogen-bond acceptors (Lipinski definition) is 4. The highest BCUT2D eigenvalue weighted by atomic mass is 16.5. The highest BCUT2D eigenvalue weighted by Crippen LogP contribution is 2.25. The van der Waals surface area contributed by atoms with Crippen molar-refractivity contribution in [2.45, 2.75) is 13.0 Å². The summed E-state index contributed by atoms with van der Waals surface area (Å²) in [5.41, 5.74) is 2.53. The lowest BCUT2D eigenvalue weighted by Crippen LogP contribution is -2.30. The topological polar surface area (TPSA) is 67.8 Å². The molecule has 1 unspecified atom stereocenters. The van der Waals surface area contributed by atoms with Gasteiger partial charge in [0, 0.05) is 6.54 Å². The second kappa shape index (κ2) is 10.4. The number of nitrogens with one attached hydrogen (secondary N) is 1. The zero-order chi connectivity index (χ0) is 20.5. The van der Waals surface area contributed by atoms with Gasteiger partial charge in [-0.1, -0.05) is 60.2 Å². The van der Waals surface area contributed by atoms with Crippen LogP contribution < -0.4 is 10.1 Å². The number of carbonyl (C=O) groups is 1. The first-order valence-electron chi connectivity index (χ1n) is 9.56. The summed E-state index contributed by atoms with van der Waals surface area (Å²) >= 11 is 0. The zero-order valence-electron chi connectivity index (χ0n) is 16.4. The van der Waals surface area contributed by atoms with Crippen LogP contribution in [0.3, 0.4) is 0 Å². The van der Waals surface area contributed by atoms with Crippen LogP contribution in [0.5, 0.6) is 11.5 Å². The number of benzene rings is 3. The van der Waals surface area contributed by atoms with Gasteiger partial charge in [-0.05, 0) is 36.8 Å². The Morgan fingerprint density at radius 1 is 0.966 bits per heavy atom. The van der Waals surface area contributed by atoms with Gasteiger partial charge in [0.25, 0.3) is 5.91 Å². The Kier molecular flexibility index (Phi) is 7.39. The predicted molar refractivity (Wildman–Crippen MR) is 112 cm³/mol. The molecule has 5 nitrogen and oxygen atoms in total. The molecule has 0 heterocycles. The number of aryl methyl sites for hydroxylation is 1. The molecule has 5 heteroatoms. The van der Waals surface area contributed by atoms with E-state index in [9.17, 15) is 4.79 Å². The van der Waals surface area contributed by atoms with Gasteiger partial charge in [0.2, 0.25) is 0 Å². The fourth-order valence-corrected chi connectivity index (χ4v) is 2.89. The molecule has 3 aromatic rings. The maximum Gasteiger partial charge on any atom is 0.255 e. The van der Waals surface area contributed by atoms with Gasteiger partial charge in [-0.15, -0.1) is 0 Å². The summed E-state index contributed by atoms with van der Waals surface area (Å²) < 4.78 is 11.6. The van der Waals surface area contributed by atoms with Crippen LogP contribution in [0.2, 0.25) is 0 Å². The van der Waals surface area contributed by atoms with Crippen molar-refractivity contribution in [1.82, 2.24) is 5.32 Å². The normalized spacial score (nSPS) is 11.7. The first kappa shape index (κ1) is 20.6. The minimum atomic E-state index is -0.353. The lowest BCUT2D eigenvalue weighted by atomic mass is 10.1. The quantitative estimate of drug-likeness (QED) is 0.572. The van der Waals surface area contributed by atoms with E-state index in [4.69, 9.17) is 14.6 Å². The monoisotopic (exact) mass is 391 g/mol. The third-order valence-electron chi connectivity index (χ3n) is 4.41. The van der Waals surface area contributed by atoms with Gasteiger partial charge in [-0.2, -0.15) is 0 Å². The predicted octanol–water partition coefficient (Wildman–Crippen LogP) is 4.27. The van der Waals surface area contributed by atoms with Crippen LogP contribution >= 0.6 is 0 Å². The van der Waals surface area contributed by atoms with Crippen LogP contribution in [0.15, 0.2) is 78.9 Å². The smallest absolute Gasteiger partial charge is 0.255 e. The molecule has 2 N–H and O–H groups in total. The summed E-state index contributed by atoms with van der Waals surface area (Å²) in [7, 11) is 0. The van der Waals surface area contributed by atoms with Crippen molar-refractivity contribution in [3.05, 3.63) is 95.6 Å². The van der Waals surface area contributed by atoms with E-state index >= 15 is 0 Å². The fourth-order valence-electron chi connectivity index (χ4n) is 2.89. The Labute approximate surface area is 170 Å². The van der Waals surface area contributed by atoms with E-state index in [0.717, 1.165) is 11.1 Å². The Balaban J connectivity index is 1.70. The standard InChI is InChI=1S/C24H25NO4/c1-18-11-13-19(14-12-18)23(28-16-15-26)17-25-24(27)21-9-5-6-10-22(21)29-20-7-3-2-4-8-20/h2-14,23,26H,15-17H2,1H3,(H,25,27). The van der Waals surface area contributed by atoms with Crippen LogP contribution in [0, 0.1) is 6.92 Å². The molecule has 3 rings (SSSR count). The zero-order valence-corrected chi connectivity index (χ0v) is 16.4. The molecule has 0 aliphatic heterocycles.